The van der Waals surface area contributed by atoms with E-state index in [0.29, 0.717) is 25.1 Å². The molecule has 1 aliphatic heterocycles. The van der Waals surface area contributed by atoms with E-state index < -0.39 is 6.10 Å². The summed E-state index contributed by atoms with van der Waals surface area (Å²) in [6.07, 6.45) is 4.25. The number of hydrogen-bond donors (Lipinski definition) is 2. The minimum absolute atomic E-state index is 0.238. The van der Waals surface area contributed by atoms with Crippen molar-refractivity contribution >= 4 is 27.5 Å². The SMILES string of the molecule is O=C(N[C@H]1CCOC[C@@H]1O)c1cc(Cc2ccc(-n3cccn3)cc2)c2sccc2n1. The largest absolute Gasteiger partial charge is 0.389 e. The molecule has 2 atom stereocenters. The molecular weight excluding hydrogens is 412 g/mol. The van der Waals surface area contributed by atoms with E-state index in [9.17, 15) is 9.90 Å². The molecular formula is C23H22N4O3S. The Morgan fingerprint density at radius 2 is 2.16 bits per heavy atom. The maximum Gasteiger partial charge on any atom is 0.270 e. The van der Waals surface area contributed by atoms with Gasteiger partial charge in [0.15, 0.2) is 0 Å². The molecule has 0 bridgehead atoms. The number of aromatic nitrogens is 3. The van der Waals surface area contributed by atoms with Gasteiger partial charge in [0.1, 0.15) is 5.69 Å². The molecule has 4 aromatic rings. The summed E-state index contributed by atoms with van der Waals surface area (Å²) < 4.78 is 8.15. The minimum Gasteiger partial charge on any atom is -0.389 e. The summed E-state index contributed by atoms with van der Waals surface area (Å²) in [5.41, 5.74) is 4.38. The molecule has 7 nitrogen and oxygen atoms in total. The van der Waals surface area contributed by atoms with E-state index in [1.807, 2.05) is 46.6 Å². The van der Waals surface area contributed by atoms with Crippen LogP contribution in [0.4, 0.5) is 0 Å². The molecule has 0 saturated carbocycles. The van der Waals surface area contributed by atoms with Gasteiger partial charge in [-0.1, -0.05) is 12.1 Å². The molecule has 0 spiro atoms. The fraction of sp³-hybridized carbons (Fsp3) is 0.261. The number of thiophene rings is 1. The van der Waals surface area contributed by atoms with Crippen molar-refractivity contribution in [1.29, 1.82) is 0 Å². The highest BCUT2D eigenvalue weighted by Gasteiger charge is 2.26. The molecule has 1 fully saturated rings. The number of hydrogen-bond acceptors (Lipinski definition) is 6. The fourth-order valence-electron chi connectivity index (χ4n) is 3.81. The van der Waals surface area contributed by atoms with Crippen LogP contribution in [0.1, 0.15) is 28.0 Å². The summed E-state index contributed by atoms with van der Waals surface area (Å²) in [6, 6.07) is 13.6. The van der Waals surface area contributed by atoms with Crippen LogP contribution >= 0.6 is 11.3 Å². The van der Waals surface area contributed by atoms with Gasteiger partial charge < -0.3 is 15.2 Å². The lowest BCUT2D eigenvalue weighted by Crippen LogP contribution is -2.48. The molecule has 2 N–H and O–H groups in total. The number of ether oxygens (including phenoxy) is 1. The van der Waals surface area contributed by atoms with Crippen LogP contribution in [-0.2, 0) is 11.2 Å². The number of amides is 1. The molecule has 3 aromatic heterocycles. The van der Waals surface area contributed by atoms with Crippen molar-refractivity contribution in [2.45, 2.75) is 25.0 Å². The first kappa shape index (κ1) is 19.9. The topological polar surface area (TPSA) is 89.3 Å². The van der Waals surface area contributed by atoms with Crippen LogP contribution in [0.15, 0.2) is 60.2 Å². The molecule has 0 unspecified atom stereocenters. The molecule has 5 rings (SSSR count). The van der Waals surface area contributed by atoms with E-state index in [2.05, 4.69) is 27.5 Å². The smallest absolute Gasteiger partial charge is 0.270 e. The second kappa shape index (κ2) is 8.58. The highest BCUT2D eigenvalue weighted by molar-refractivity contribution is 7.17. The molecule has 1 aliphatic rings. The number of benzene rings is 1. The number of fused-ring (bicyclic) bond motifs is 1. The molecule has 1 amide bonds. The molecule has 0 radical (unpaired) electrons. The predicted octanol–water partition coefficient (Wildman–Crippen LogP) is 2.95. The lowest BCUT2D eigenvalue weighted by Gasteiger charge is -2.28. The van der Waals surface area contributed by atoms with Crippen molar-refractivity contribution in [3.05, 3.63) is 77.1 Å². The maximum absolute atomic E-state index is 12.9. The zero-order valence-corrected chi connectivity index (χ0v) is 17.6. The fourth-order valence-corrected chi connectivity index (χ4v) is 4.66. The standard InChI is InChI=1S/C23H22N4O3S/c28-21-14-30-10-6-18(21)26-23(29)20-13-16(22-19(25-20)7-11-31-22)12-15-2-4-17(5-3-15)27-9-1-8-24-27/h1-5,7-9,11,13,18,21,28H,6,10,12,14H2,(H,26,29)/t18-,21-/m0/s1. The van der Waals surface area contributed by atoms with Crippen LogP contribution in [0.3, 0.4) is 0 Å². The van der Waals surface area contributed by atoms with Crippen LogP contribution in [0.5, 0.6) is 0 Å². The van der Waals surface area contributed by atoms with Gasteiger partial charge in [0.2, 0.25) is 0 Å². The van der Waals surface area contributed by atoms with Crippen molar-refractivity contribution in [3.63, 3.8) is 0 Å². The van der Waals surface area contributed by atoms with E-state index in [0.717, 1.165) is 27.0 Å². The molecule has 1 saturated heterocycles. The normalized spacial score (nSPS) is 18.9. The maximum atomic E-state index is 12.9. The molecule has 158 valence electrons. The van der Waals surface area contributed by atoms with Gasteiger partial charge in [-0.2, -0.15) is 5.10 Å². The van der Waals surface area contributed by atoms with E-state index in [-0.39, 0.29) is 18.6 Å². The highest BCUT2D eigenvalue weighted by atomic mass is 32.1. The summed E-state index contributed by atoms with van der Waals surface area (Å²) >= 11 is 1.63. The molecule has 4 heterocycles. The molecule has 0 aliphatic carbocycles. The number of carbonyl (C=O) groups is 1. The third-order valence-electron chi connectivity index (χ3n) is 5.46. The van der Waals surface area contributed by atoms with Crippen molar-refractivity contribution in [2.75, 3.05) is 13.2 Å². The van der Waals surface area contributed by atoms with Crippen molar-refractivity contribution in [3.8, 4) is 5.69 Å². The Morgan fingerprint density at radius 1 is 1.29 bits per heavy atom. The number of nitrogens with zero attached hydrogens (tertiary/aromatic N) is 3. The van der Waals surface area contributed by atoms with Gasteiger partial charge in [-0.15, -0.1) is 11.3 Å². The summed E-state index contributed by atoms with van der Waals surface area (Å²) in [5.74, 6) is -0.269. The van der Waals surface area contributed by atoms with Crippen LogP contribution in [0.25, 0.3) is 15.9 Å². The molecule has 8 heteroatoms. The van der Waals surface area contributed by atoms with Gasteiger partial charge in [0, 0.05) is 19.0 Å². The van der Waals surface area contributed by atoms with Crippen LogP contribution in [0.2, 0.25) is 0 Å². The van der Waals surface area contributed by atoms with Crippen LogP contribution in [0, 0.1) is 0 Å². The average Bonchev–Trinajstić information content (AvgIpc) is 3.48. The third-order valence-corrected chi connectivity index (χ3v) is 6.44. The number of carbonyl (C=O) groups excluding carboxylic acids is 1. The van der Waals surface area contributed by atoms with Crippen molar-refractivity contribution in [2.24, 2.45) is 0 Å². The Hall–Kier alpha value is -3.07. The highest BCUT2D eigenvalue weighted by Crippen LogP contribution is 2.27. The molecule has 31 heavy (non-hydrogen) atoms. The number of nitrogens with one attached hydrogen (secondary N) is 1. The minimum atomic E-state index is -0.699. The Bertz CT molecular complexity index is 1190. The van der Waals surface area contributed by atoms with Gasteiger partial charge >= 0.3 is 0 Å². The van der Waals surface area contributed by atoms with Gasteiger partial charge in [-0.05, 0) is 59.7 Å². The zero-order chi connectivity index (χ0) is 21.2. The first-order valence-electron chi connectivity index (χ1n) is 10.2. The van der Waals surface area contributed by atoms with E-state index in [1.54, 1.807) is 17.5 Å². The summed E-state index contributed by atoms with van der Waals surface area (Å²) in [7, 11) is 0. The lowest BCUT2D eigenvalue weighted by molar-refractivity contribution is -0.0261. The van der Waals surface area contributed by atoms with Crippen LogP contribution in [-0.4, -0.2) is 51.1 Å². The first-order valence-corrected chi connectivity index (χ1v) is 11.1. The van der Waals surface area contributed by atoms with Gasteiger partial charge in [0.25, 0.3) is 5.91 Å². The Balaban J connectivity index is 1.39. The van der Waals surface area contributed by atoms with Gasteiger partial charge in [0.05, 0.1) is 34.7 Å². The number of aliphatic hydroxyl groups is 1. The van der Waals surface area contributed by atoms with E-state index in [4.69, 9.17) is 4.74 Å². The number of aliphatic hydroxyl groups excluding tert-OH is 1. The second-order valence-corrected chi connectivity index (χ2v) is 8.52. The molecule has 1 aromatic carbocycles. The summed E-state index contributed by atoms with van der Waals surface area (Å²) in [4.78, 5) is 17.4. The quantitative estimate of drug-likeness (QED) is 0.504. The van der Waals surface area contributed by atoms with E-state index in [1.165, 1.54) is 0 Å². The number of pyridine rings is 1. The average molecular weight is 435 g/mol. The van der Waals surface area contributed by atoms with Crippen molar-refractivity contribution < 1.29 is 14.6 Å². The predicted molar refractivity (Wildman–Crippen MR) is 119 cm³/mol. The van der Waals surface area contributed by atoms with Gasteiger partial charge in [-0.25, -0.2) is 9.67 Å². The van der Waals surface area contributed by atoms with Gasteiger partial charge in [-0.3, -0.25) is 4.79 Å². The van der Waals surface area contributed by atoms with E-state index >= 15 is 0 Å². The third kappa shape index (κ3) is 4.23. The second-order valence-electron chi connectivity index (χ2n) is 7.61. The zero-order valence-electron chi connectivity index (χ0n) is 16.8. The Labute approximate surface area is 183 Å². The van der Waals surface area contributed by atoms with Crippen molar-refractivity contribution in [1.82, 2.24) is 20.1 Å². The van der Waals surface area contributed by atoms with Crippen LogP contribution < -0.4 is 5.32 Å². The summed E-state index contributed by atoms with van der Waals surface area (Å²) in [6.45, 7) is 0.764. The summed E-state index contributed by atoms with van der Waals surface area (Å²) in [5, 5.41) is 19.2. The first-order chi connectivity index (χ1) is 15.2. The Kier molecular flexibility index (Phi) is 5.50. The lowest BCUT2D eigenvalue weighted by atomic mass is 10.0. The number of rotatable bonds is 5. The monoisotopic (exact) mass is 434 g/mol. The Morgan fingerprint density at radius 3 is 2.94 bits per heavy atom.